The third kappa shape index (κ3) is 2.84. The van der Waals surface area contributed by atoms with E-state index in [2.05, 4.69) is 6.58 Å². The number of amides is 1. The molecular formula is C10H17NO2. The Morgan fingerprint density at radius 2 is 2.46 bits per heavy atom. The second-order valence-corrected chi connectivity index (χ2v) is 3.89. The van der Waals surface area contributed by atoms with Gasteiger partial charge in [-0.15, -0.1) is 6.58 Å². The first-order chi connectivity index (χ1) is 6.05. The van der Waals surface area contributed by atoms with Crippen LogP contribution in [0.5, 0.6) is 0 Å². The average Bonchev–Trinajstić information content (AvgIpc) is 2.42. The molecule has 0 bridgehead atoms. The maximum Gasteiger partial charge on any atom is 0.222 e. The van der Waals surface area contributed by atoms with Crippen molar-refractivity contribution in [2.75, 3.05) is 13.1 Å². The minimum Gasteiger partial charge on any atom is -0.388 e. The lowest BCUT2D eigenvalue weighted by Gasteiger charge is -2.18. The second kappa shape index (κ2) is 3.92. The van der Waals surface area contributed by atoms with Crippen molar-refractivity contribution in [2.24, 2.45) is 0 Å². The fourth-order valence-corrected chi connectivity index (χ4v) is 1.54. The maximum absolute atomic E-state index is 11.5. The highest BCUT2D eigenvalue weighted by Crippen LogP contribution is 2.20. The van der Waals surface area contributed by atoms with Gasteiger partial charge in [-0.25, -0.2) is 0 Å². The van der Waals surface area contributed by atoms with Crippen LogP contribution in [0.3, 0.4) is 0 Å². The molecule has 1 atom stereocenters. The zero-order chi connectivity index (χ0) is 9.90. The number of hydrogen-bond donors (Lipinski definition) is 1. The molecule has 1 N–H and O–H groups in total. The van der Waals surface area contributed by atoms with Gasteiger partial charge in [-0.05, 0) is 19.8 Å². The Morgan fingerprint density at radius 1 is 1.77 bits per heavy atom. The van der Waals surface area contributed by atoms with Crippen molar-refractivity contribution in [3.63, 3.8) is 0 Å². The summed E-state index contributed by atoms with van der Waals surface area (Å²) in [6, 6.07) is 0. The van der Waals surface area contributed by atoms with Gasteiger partial charge in [0.15, 0.2) is 0 Å². The van der Waals surface area contributed by atoms with E-state index in [1.165, 1.54) is 0 Å². The fraction of sp³-hybridized carbons (Fsp3) is 0.700. The molecule has 0 spiro atoms. The van der Waals surface area contributed by atoms with Crippen LogP contribution in [0.1, 0.15) is 26.2 Å². The van der Waals surface area contributed by atoms with Crippen LogP contribution in [0.4, 0.5) is 0 Å². The van der Waals surface area contributed by atoms with Crippen molar-refractivity contribution in [1.29, 1.82) is 0 Å². The summed E-state index contributed by atoms with van der Waals surface area (Å²) >= 11 is 0. The lowest BCUT2D eigenvalue weighted by Crippen LogP contribution is -2.33. The Balaban J connectivity index is 2.37. The van der Waals surface area contributed by atoms with Gasteiger partial charge in [0.1, 0.15) is 0 Å². The van der Waals surface area contributed by atoms with Crippen LogP contribution in [-0.4, -0.2) is 34.6 Å². The zero-order valence-electron chi connectivity index (χ0n) is 8.12. The summed E-state index contributed by atoms with van der Waals surface area (Å²) in [5.41, 5.74) is -0.677. The summed E-state index contributed by atoms with van der Waals surface area (Å²) in [5, 5.41) is 9.63. The van der Waals surface area contributed by atoms with E-state index in [1.54, 1.807) is 17.9 Å². The quantitative estimate of drug-likeness (QED) is 0.661. The molecule has 13 heavy (non-hydrogen) atoms. The van der Waals surface area contributed by atoms with Gasteiger partial charge >= 0.3 is 0 Å². The molecule has 1 unspecified atom stereocenters. The van der Waals surface area contributed by atoms with E-state index in [0.29, 0.717) is 25.9 Å². The third-order valence-electron chi connectivity index (χ3n) is 2.37. The van der Waals surface area contributed by atoms with Gasteiger partial charge in [0, 0.05) is 19.5 Å². The summed E-state index contributed by atoms with van der Waals surface area (Å²) in [6.45, 7) is 6.50. The Morgan fingerprint density at radius 3 is 2.92 bits per heavy atom. The van der Waals surface area contributed by atoms with Crippen molar-refractivity contribution >= 4 is 5.91 Å². The van der Waals surface area contributed by atoms with E-state index in [1.807, 2.05) is 0 Å². The van der Waals surface area contributed by atoms with Crippen LogP contribution in [0.15, 0.2) is 12.7 Å². The fourth-order valence-electron chi connectivity index (χ4n) is 1.54. The summed E-state index contributed by atoms with van der Waals surface area (Å²) in [7, 11) is 0. The Hall–Kier alpha value is -0.830. The summed E-state index contributed by atoms with van der Waals surface area (Å²) in [5.74, 6) is 0.123. The number of carbonyl (C=O) groups excluding carboxylic acids is 1. The molecule has 0 radical (unpaired) electrons. The molecule has 1 amide bonds. The second-order valence-electron chi connectivity index (χ2n) is 3.89. The van der Waals surface area contributed by atoms with Crippen molar-refractivity contribution in [3.05, 3.63) is 12.7 Å². The highest BCUT2D eigenvalue weighted by atomic mass is 16.3. The molecular weight excluding hydrogens is 166 g/mol. The van der Waals surface area contributed by atoms with Crippen molar-refractivity contribution in [1.82, 2.24) is 4.90 Å². The molecule has 0 saturated carbocycles. The zero-order valence-corrected chi connectivity index (χ0v) is 8.12. The molecule has 0 aromatic heterocycles. The van der Waals surface area contributed by atoms with Crippen LogP contribution < -0.4 is 0 Å². The monoisotopic (exact) mass is 183 g/mol. The summed E-state index contributed by atoms with van der Waals surface area (Å²) < 4.78 is 0. The Bertz CT molecular complexity index is 211. The van der Waals surface area contributed by atoms with E-state index in [-0.39, 0.29) is 5.91 Å². The highest BCUT2D eigenvalue weighted by Gasteiger charge is 2.33. The number of hydrogen-bond acceptors (Lipinski definition) is 2. The van der Waals surface area contributed by atoms with Crippen LogP contribution in [-0.2, 0) is 4.79 Å². The first-order valence-corrected chi connectivity index (χ1v) is 4.66. The standard InChI is InChI=1S/C10H17NO2/c1-3-4-5-9(12)11-7-6-10(2,13)8-11/h3,13H,1,4-8H2,2H3. The van der Waals surface area contributed by atoms with Crippen molar-refractivity contribution in [2.45, 2.75) is 31.8 Å². The van der Waals surface area contributed by atoms with E-state index >= 15 is 0 Å². The largest absolute Gasteiger partial charge is 0.388 e. The van der Waals surface area contributed by atoms with Crippen LogP contribution >= 0.6 is 0 Å². The molecule has 3 nitrogen and oxygen atoms in total. The minimum absolute atomic E-state index is 0.123. The molecule has 74 valence electrons. The van der Waals surface area contributed by atoms with E-state index in [4.69, 9.17) is 0 Å². The van der Waals surface area contributed by atoms with Crippen LogP contribution in [0, 0.1) is 0 Å². The number of likely N-dealkylation sites (tertiary alicyclic amines) is 1. The number of β-amino-alcohol motifs (C(OH)–C–C–N with tert-alkyl or cyclic N) is 1. The van der Waals surface area contributed by atoms with Gasteiger partial charge in [-0.3, -0.25) is 4.79 Å². The lowest BCUT2D eigenvalue weighted by atomic mass is 10.1. The predicted molar refractivity (Wildman–Crippen MR) is 51.3 cm³/mol. The molecule has 1 aliphatic heterocycles. The predicted octanol–water partition coefficient (Wildman–Crippen LogP) is 0.936. The van der Waals surface area contributed by atoms with Crippen LogP contribution in [0.2, 0.25) is 0 Å². The molecule has 0 aromatic carbocycles. The number of aliphatic hydroxyl groups is 1. The number of nitrogens with zero attached hydrogens (tertiary/aromatic N) is 1. The maximum atomic E-state index is 11.5. The average molecular weight is 183 g/mol. The van der Waals surface area contributed by atoms with Gasteiger partial charge < -0.3 is 10.0 Å². The topological polar surface area (TPSA) is 40.5 Å². The van der Waals surface area contributed by atoms with Gasteiger partial charge in [-0.1, -0.05) is 6.08 Å². The van der Waals surface area contributed by atoms with Crippen LogP contribution in [0.25, 0.3) is 0 Å². The Labute approximate surface area is 79.0 Å². The van der Waals surface area contributed by atoms with Gasteiger partial charge in [-0.2, -0.15) is 0 Å². The first kappa shape index (κ1) is 10.3. The highest BCUT2D eigenvalue weighted by molar-refractivity contribution is 5.76. The number of allylic oxidation sites excluding steroid dienone is 1. The molecule has 1 rings (SSSR count). The number of rotatable bonds is 3. The van der Waals surface area contributed by atoms with E-state index in [0.717, 1.165) is 6.42 Å². The molecule has 3 heteroatoms. The molecule has 1 fully saturated rings. The normalized spacial score (nSPS) is 27.7. The van der Waals surface area contributed by atoms with Gasteiger partial charge in [0.25, 0.3) is 0 Å². The molecule has 1 aliphatic rings. The summed E-state index contributed by atoms with van der Waals surface area (Å²) in [4.78, 5) is 13.2. The SMILES string of the molecule is C=CCCC(=O)N1CCC(C)(O)C1. The molecule has 1 heterocycles. The first-order valence-electron chi connectivity index (χ1n) is 4.66. The molecule has 0 aliphatic carbocycles. The van der Waals surface area contributed by atoms with E-state index in [9.17, 15) is 9.90 Å². The third-order valence-corrected chi connectivity index (χ3v) is 2.37. The summed E-state index contributed by atoms with van der Waals surface area (Å²) in [6.07, 6.45) is 3.66. The van der Waals surface area contributed by atoms with Crippen molar-refractivity contribution < 1.29 is 9.90 Å². The smallest absolute Gasteiger partial charge is 0.222 e. The van der Waals surface area contributed by atoms with Gasteiger partial charge in [0.2, 0.25) is 5.91 Å². The molecule has 0 aromatic rings. The van der Waals surface area contributed by atoms with Gasteiger partial charge in [0.05, 0.1) is 5.60 Å². The van der Waals surface area contributed by atoms with Crippen molar-refractivity contribution in [3.8, 4) is 0 Å². The number of carbonyl (C=O) groups is 1. The Kier molecular flexibility index (Phi) is 3.09. The van der Waals surface area contributed by atoms with E-state index < -0.39 is 5.60 Å². The molecule has 1 saturated heterocycles. The minimum atomic E-state index is -0.677. The lowest BCUT2D eigenvalue weighted by molar-refractivity contribution is -0.130.